The molecule has 4 nitrogen and oxygen atoms in total. The first kappa shape index (κ1) is 10.6. The van der Waals surface area contributed by atoms with Gasteiger partial charge in [-0.05, 0) is 11.6 Å². The Morgan fingerprint density at radius 1 is 1.21 bits per heavy atom. The maximum atomic E-state index is 10.2. The minimum atomic E-state index is -4.26. The van der Waals surface area contributed by atoms with Gasteiger partial charge in [0, 0.05) is 6.21 Å². The van der Waals surface area contributed by atoms with E-state index in [2.05, 4.69) is 4.40 Å². The Morgan fingerprint density at radius 3 is 2.43 bits per heavy atom. The molecule has 74 valence electrons. The first-order valence-corrected chi connectivity index (χ1v) is 5.22. The average Bonchev–Trinajstić information content (AvgIpc) is 2.13. The molecule has 1 aromatic rings. The second kappa shape index (κ2) is 4.69. The van der Waals surface area contributed by atoms with Crippen molar-refractivity contribution in [1.82, 2.24) is 0 Å². The van der Waals surface area contributed by atoms with Crippen LogP contribution in [-0.2, 0) is 10.3 Å². The summed E-state index contributed by atoms with van der Waals surface area (Å²) in [7, 11) is -4.26. The van der Waals surface area contributed by atoms with E-state index in [-0.39, 0.29) is 0 Å². The van der Waals surface area contributed by atoms with Crippen LogP contribution in [0, 0.1) is 0 Å². The monoisotopic (exact) mass is 211 g/mol. The highest BCUT2D eigenvalue weighted by molar-refractivity contribution is 7.84. The van der Waals surface area contributed by atoms with Gasteiger partial charge in [-0.25, -0.2) is 0 Å². The van der Waals surface area contributed by atoms with Crippen molar-refractivity contribution >= 4 is 22.6 Å². The third kappa shape index (κ3) is 4.54. The molecule has 0 unspecified atom stereocenters. The van der Waals surface area contributed by atoms with Crippen molar-refractivity contribution in [3.8, 4) is 0 Å². The van der Waals surface area contributed by atoms with Gasteiger partial charge >= 0.3 is 10.3 Å². The summed E-state index contributed by atoms with van der Waals surface area (Å²) in [4.78, 5) is 0. The number of nitrogens with zero attached hydrogens (tertiary/aromatic N) is 1. The lowest BCUT2D eigenvalue weighted by Crippen LogP contribution is -1.89. The highest BCUT2D eigenvalue weighted by Gasteiger charge is 1.92. The number of hydrogen-bond acceptors (Lipinski definition) is 2. The van der Waals surface area contributed by atoms with Crippen molar-refractivity contribution in [2.75, 3.05) is 0 Å². The second-order valence-corrected chi connectivity index (χ2v) is 3.58. The normalized spacial score (nSPS) is 12.6. The third-order valence-corrected chi connectivity index (χ3v) is 1.76. The van der Waals surface area contributed by atoms with E-state index >= 15 is 0 Å². The molecule has 0 spiro atoms. The van der Waals surface area contributed by atoms with Crippen LogP contribution in [0.15, 0.2) is 40.8 Å². The Morgan fingerprint density at radius 2 is 1.86 bits per heavy atom. The van der Waals surface area contributed by atoms with E-state index in [0.717, 1.165) is 11.8 Å². The summed E-state index contributed by atoms with van der Waals surface area (Å²) in [6.45, 7) is 0. The molecule has 0 atom stereocenters. The van der Waals surface area contributed by atoms with E-state index in [4.69, 9.17) is 4.55 Å². The number of hydrogen-bond donors (Lipinski definition) is 1. The zero-order chi connectivity index (χ0) is 10.4. The van der Waals surface area contributed by atoms with E-state index in [0.29, 0.717) is 0 Å². The van der Waals surface area contributed by atoms with Crippen LogP contribution in [0.25, 0.3) is 6.08 Å². The summed E-state index contributed by atoms with van der Waals surface area (Å²) < 4.78 is 31.5. The molecular formula is C9H9NO3S. The van der Waals surface area contributed by atoms with Crippen molar-refractivity contribution in [1.29, 1.82) is 0 Å². The maximum Gasteiger partial charge on any atom is 0.378 e. The quantitative estimate of drug-likeness (QED) is 0.609. The summed E-state index contributed by atoms with van der Waals surface area (Å²) in [5.74, 6) is 0. The first-order chi connectivity index (χ1) is 6.58. The minimum absolute atomic E-state index is 0.925. The lowest BCUT2D eigenvalue weighted by molar-refractivity contribution is 0.485. The molecule has 14 heavy (non-hydrogen) atoms. The topological polar surface area (TPSA) is 66.7 Å². The molecule has 0 amide bonds. The molecule has 0 radical (unpaired) electrons. The van der Waals surface area contributed by atoms with Gasteiger partial charge in [-0.1, -0.05) is 36.4 Å². The molecule has 0 bridgehead atoms. The zero-order valence-electron chi connectivity index (χ0n) is 7.24. The molecular weight excluding hydrogens is 202 g/mol. The van der Waals surface area contributed by atoms with Crippen LogP contribution < -0.4 is 0 Å². The molecule has 1 N–H and O–H groups in total. The van der Waals surface area contributed by atoms with Gasteiger partial charge in [0.15, 0.2) is 0 Å². The van der Waals surface area contributed by atoms with Crippen LogP contribution in [0.2, 0.25) is 0 Å². The highest BCUT2D eigenvalue weighted by Crippen LogP contribution is 1.99. The number of benzene rings is 1. The van der Waals surface area contributed by atoms with Gasteiger partial charge in [0.25, 0.3) is 0 Å². The van der Waals surface area contributed by atoms with E-state index in [1.807, 2.05) is 30.3 Å². The lowest BCUT2D eigenvalue weighted by Gasteiger charge is -1.88. The zero-order valence-corrected chi connectivity index (χ0v) is 8.05. The molecule has 0 aliphatic carbocycles. The minimum Gasteiger partial charge on any atom is -0.268 e. The van der Waals surface area contributed by atoms with Crippen LogP contribution in [0.5, 0.6) is 0 Å². The van der Waals surface area contributed by atoms with Gasteiger partial charge in [0.2, 0.25) is 0 Å². The first-order valence-electron chi connectivity index (χ1n) is 3.82. The fourth-order valence-corrected chi connectivity index (χ4v) is 1.05. The number of allylic oxidation sites excluding steroid dienone is 1. The van der Waals surface area contributed by atoms with Gasteiger partial charge in [-0.15, -0.1) is 4.40 Å². The summed E-state index contributed by atoms with van der Waals surface area (Å²) in [6.07, 6.45) is 4.13. The predicted molar refractivity (Wildman–Crippen MR) is 55.5 cm³/mol. The molecule has 0 saturated carbocycles. The predicted octanol–water partition coefficient (Wildman–Crippen LogP) is 1.57. The van der Waals surface area contributed by atoms with E-state index < -0.39 is 10.3 Å². The third-order valence-electron chi connectivity index (χ3n) is 1.37. The Bertz CT molecular complexity index is 434. The smallest absolute Gasteiger partial charge is 0.268 e. The average molecular weight is 211 g/mol. The van der Waals surface area contributed by atoms with Crippen LogP contribution in [0.3, 0.4) is 0 Å². The maximum absolute atomic E-state index is 10.2. The lowest BCUT2D eigenvalue weighted by atomic mass is 10.2. The summed E-state index contributed by atoms with van der Waals surface area (Å²) in [5.41, 5.74) is 0.925. The molecule has 1 aromatic carbocycles. The van der Waals surface area contributed by atoms with Crippen molar-refractivity contribution in [2.24, 2.45) is 4.40 Å². The Kier molecular flexibility index (Phi) is 3.55. The van der Waals surface area contributed by atoms with Gasteiger partial charge in [0.05, 0.1) is 0 Å². The second-order valence-electron chi connectivity index (χ2n) is 2.47. The van der Waals surface area contributed by atoms with E-state index in [9.17, 15) is 8.42 Å². The molecule has 0 aliphatic heterocycles. The molecule has 0 aliphatic rings. The molecule has 5 heteroatoms. The van der Waals surface area contributed by atoms with Crippen LogP contribution in [-0.4, -0.2) is 19.2 Å². The molecule has 1 rings (SSSR count). The van der Waals surface area contributed by atoms with Crippen molar-refractivity contribution in [2.45, 2.75) is 0 Å². The Hall–Kier alpha value is -1.46. The SMILES string of the molecule is O=S(=O)(O)N=CC=Cc1ccccc1. The van der Waals surface area contributed by atoms with Gasteiger partial charge in [-0.3, -0.25) is 4.55 Å². The largest absolute Gasteiger partial charge is 0.378 e. The van der Waals surface area contributed by atoms with Crippen LogP contribution in [0.1, 0.15) is 5.56 Å². The summed E-state index contributed by atoms with van der Waals surface area (Å²) >= 11 is 0. The molecule has 0 aromatic heterocycles. The Labute approximate surface area is 82.5 Å². The van der Waals surface area contributed by atoms with Crippen molar-refractivity contribution in [3.05, 3.63) is 42.0 Å². The molecule has 0 fully saturated rings. The van der Waals surface area contributed by atoms with Crippen LogP contribution >= 0.6 is 0 Å². The standard InChI is InChI=1S/C9H9NO3S/c11-14(12,13)10-8-4-7-9-5-2-1-3-6-9/h1-8H,(H,11,12,13). The van der Waals surface area contributed by atoms with Crippen LogP contribution in [0.4, 0.5) is 0 Å². The molecule has 0 heterocycles. The van der Waals surface area contributed by atoms with Gasteiger partial charge < -0.3 is 0 Å². The highest BCUT2D eigenvalue weighted by atomic mass is 32.2. The van der Waals surface area contributed by atoms with Gasteiger partial charge in [-0.2, -0.15) is 8.42 Å². The van der Waals surface area contributed by atoms with Crippen molar-refractivity contribution in [3.63, 3.8) is 0 Å². The van der Waals surface area contributed by atoms with E-state index in [1.165, 1.54) is 6.08 Å². The summed E-state index contributed by atoms with van der Waals surface area (Å²) in [5, 5.41) is 0. The van der Waals surface area contributed by atoms with E-state index in [1.54, 1.807) is 6.08 Å². The Balaban J connectivity index is 2.63. The number of rotatable bonds is 3. The van der Waals surface area contributed by atoms with Crippen molar-refractivity contribution < 1.29 is 13.0 Å². The fourth-order valence-electron chi connectivity index (χ4n) is 0.830. The van der Waals surface area contributed by atoms with Gasteiger partial charge in [0.1, 0.15) is 0 Å². The summed E-state index contributed by atoms with van der Waals surface area (Å²) in [6, 6.07) is 9.32. The fraction of sp³-hybridized carbons (Fsp3) is 0. The molecule has 0 saturated heterocycles.